The van der Waals surface area contributed by atoms with Gasteiger partial charge in [0, 0.05) is 41.4 Å². The van der Waals surface area contributed by atoms with Crippen LogP contribution >= 0.6 is 15.9 Å². The van der Waals surface area contributed by atoms with E-state index in [2.05, 4.69) is 31.9 Å². The summed E-state index contributed by atoms with van der Waals surface area (Å²) >= 11 is 3.48. The van der Waals surface area contributed by atoms with Gasteiger partial charge in [-0.25, -0.2) is 0 Å². The van der Waals surface area contributed by atoms with E-state index in [1.54, 1.807) is 11.9 Å². The first-order valence-electron chi connectivity index (χ1n) is 7.84. The van der Waals surface area contributed by atoms with Crippen LogP contribution in [0.2, 0.25) is 0 Å². The average molecular weight is 394 g/mol. The van der Waals surface area contributed by atoms with Crippen molar-refractivity contribution in [1.29, 1.82) is 0 Å². The minimum atomic E-state index is -0.823. The summed E-state index contributed by atoms with van der Waals surface area (Å²) in [6.45, 7) is 2.79. The molecule has 3 rings (SSSR count). The lowest BCUT2D eigenvalue weighted by atomic mass is 10.1. The van der Waals surface area contributed by atoms with Gasteiger partial charge in [-0.05, 0) is 31.3 Å². The van der Waals surface area contributed by atoms with Gasteiger partial charge < -0.3 is 14.7 Å². The third kappa shape index (κ3) is 4.03. The van der Waals surface area contributed by atoms with Crippen LogP contribution in [0.4, 0.5) is 5.69 Å². The Kier molecular flexibility index (Phi) is 5.33. The molecule has 0 saturated carbocycles. The molecule has 2 aromatic rings. The second-order valence-electron chi connectivity index (χ2n) is 6.02. The summed E-state index contributed by atoms with van der Waals surface area (Å²) in [5, 5.41) is 9.99. The third-order valence-corrected chi connectivity index (χ3v) is 4.57. The Labute approximate surface area is 149 Å². The third-order valence-electron chi connectivity index (χ3n) is 4.08. The summed E-state index contributed by atoms with van der Waals surface area (Å²) in [4.78, 5) is 19.3. The maximum Gasteiger partial charge on any atom is 0.317 e. The predicted molar refractivity (Wildman–Crippen MR) is 96.5 cm³/mol. The van der Waals surface area contributed by atoms with Crippen LogP contribution in [0, 0.1) is 0 Å². The largest absolute Gasteiger partial charge is 0.480 e. The van der Waals surface area contributed by atoms with Crippen LogP contribution in [-0.2, 0) is 9.53 Å². The van der Waals surface area contributed by atoms with Crippen LogP contribution in [0.25, 0.3) is 10.9 Å². The molecule has 2 heterocycles. The minimum Gasteiger partial charge on any atom is -0.480 e. The summed E-state index contributed by atoms with van der Waals surface area (Å²) < 4.78 is 6.82. The Hall–Kier alpha value is -1.70. The van der Waals surface area contributed by atoms with Gasteiger partial charge in [0.05, 0.1) is 24.8 Å². The highest BCUT2D eigenvalue weighted by Gasteiger charge is 2.23. The molecule has 7 heteroatoms. The molecular weight excluding hydrogens is 374 g/mol. The molecule has 0 bridgehead atoms. The predicted octanol–water partition coefficient (Wildman–Crippen LogP) is 2.22. The maximum atomic E-state index is 10.8. The minimum absolute atomic E-state index is 0.0123. The number of likely N-dealkylation sites (N-methyl/N-ethyl adjacent to an activating group) is 1. The Morgan fingerprint density at radius 2 is 2.33 bits per heavy atom. The molecule has 6 nitrogen and oxygen atoms in total. The van der Waals surface area contributed by atoms with Crippen LogP contribution in [0.5, 0.6) is 0 Å². The lowest BCUT2D eigenvalue weighted by Crippen LogP contribution is -2.47. The highest BCUT2D eigenvalue weighted by atomic mass is 79.9. The van der Waals surface area contributed by atoms with Crippen molar-refractivity contribution >= 4 is 38.5 Å². The van der Waals surface area contributed by atoms with Crippen LogP contribution in [0.1, 0.15) is 0 Å². The molecule has 1 unspecified atom stereocenters. The van der Waals surface area contributed by atoms with Crippen molar-refractivity contribution < 1.29 is 14.6 Å². The fraction of sp³-hybridized carbons (Fsp3) is 0.412. The van der Waals surface area contributed by atoms with E-state index in [1.807, 2.05) is 24.4 Å². The van der Waals surface area contributed by atoms with Gasteiger partial charge in [0.15, 0.2) is 0 Å². The first-order chi connectivity index (χ1) is 11.5. The summed E-state index contributed by atoms with van der Waals surface area (Å²) in [6.07, 6.45) is 1.81. The molecule has 1 atom stereocenters. The van der Waals surface area contributed by atoms with Crippen LogP contribution in [0.3, 0.4) is 0 Å². The zero-order chi connectivity index (χ0) is 17.1. The summed E-state index contributed by atoms with van der Waals surface area (Å²) in [5.41, 5.74) is 2.09. The Bertz CT molecular complexity index is 740. The van der Waals surface area contributed by atoms with Crippen molar-refractivity contribution in [3.8, 4) is 0 Å². The van der Waals surface area contributed by atoms with Crippen molar-refractivity contribution in [2.24, 2.45) is 0 Å². The molecule has 0 radical (unpaired) electrons. The number of nitrogens with zero attached hydrogens (tertiary/aromatic N) is 3. The van der Waals surface area contributed by atoms with Crippen LogP contribution < -0.4 is 4.90 Å². The van der Waals surface area contributed by atoms with Crippen molar-refractivity contribution in [2.45, 2.75) is 6.10 Å². The van der Waals surface area contributed by atoms with Gasteiger partial charge in [-0.3, -0.25) is 14.7 Å². The number of aliphatic carboxylic acids is 1. The number of anilines is 1. The number of hydrogen-bond donors (Lipinski definition) is 1. The molecule has 1 fully saturated rings. The number of fused-ring (bicyclic) bond motifs is 1. The van der Waals surface area contributed by atoms with Gasteiger partial charge in [-0.2, -0.15) is 0 Å². The lowest BCUT2D eigenvalue weighted by molar-refractivity contribution is -0.138. The molecule has 0 spiro atoms. The number of ether oxygens (including phenoxy) is 1. The molecule has 1 aromatic carbocycles. The number of pyridine rings is 1. The molecule has 1 saturated heterocycles. The number of rotatable bonds is 5. The van der Waals surface area contributed by atoms with Crippen molar-refractivity contribution in [2.75, 3.05) is 44.7 Å². The van der Waals surface area contributed by atoms with E-state index >= 15 is 0 Å². The lowest BCUT2D eigenvalue weighted by Gasteiger charge is -2.36. The monoisotopic (exact) mass is 393 g/mol. The fourth-order valence-electron chi connectivity index (χ4n) is 3.07. The van der Waals surface area contributed by atoms with E-state index in [-0.39, 0.29) is 12.6 Å². The fourth-order valence-corrected chi connectivity index (χ4v) is 3.42. The molecule has 24 heavy (non-hydrogen) atoms. The smallest absolute Gasteiger partial charge is 0.317 e. The SMILES string of the molecule is CN(CC(=O)O)CC1CN(c2ccnc3cc(Br)ccc23)CCO1. The molecule has 0 amide bonds. The van der Waals surface area contributed by atoms with E-state index in [0.717, 1.165) is 34.2 Å². The van der Waals surface area contributed by atoms with Gasteiger partial charge in [0.25, 0.3) is 0 Å². The van der Waals surface area contributed by atoms with Gasteiger partial charge in [0.2, 0.25) is 0 Å². The van der Waals surface area contributed by atoms with Gasteiger partial charge in [-0.15, -0.1) is 0 Å². The van der Waals surface area contributed by atoms with Crippen LogP contribution in [-0.4, -0.2) is 66.9 Å². The van der Waals surface area contributed by atoms with E-state index in [0.29, 0.717) is 13.2 Å². The Morgan fingerprint density at radius 1 is 1.50 bits per heavy atom. The number of carboxylic acids is 1. The first-order valence-corrected chi connectivity index (χ1v) is 8.63. The zero-order valence-corrected chi connectivity index (χ0v) is 15.1. The Morgan fingerprint density at radius 3 is 3.12 bits per heavy atom. The second kappa shape index (κ2) is 7.46. The summed E-state index contributed by atoms with van der Waals surface area (Å²) in [5.74, 6) is -0.823. The molecule has 1 N–H and O–H groups in total. The second-order valence-corrected chi connectivity index (χ2v) is 6.94. The van der Waals surface area contributed by atoms with Crippen molar-refractivity contribution in [3.05, 3.63) is 34.9 Å². The standard InChI is InChI=1S/C17H20BrN3O3/c1-20(11-17(22)23)9-13-10-21(6-7-24-13)16-4-5-19-15-8-12(18)2-3-14(15)16/h2-5,8,13H,6-7,9-11H2,1H3,(H,22,23). The van der Waals surface area contributed by atoms with Crippen molar-refractivity contribution in [1.82, 2.24) is 9.88 Å². The Balaban J connectivity index is 1.76. The molecule has 1 aliphatic rings. The van der Waals surface area contributed by atoms with Crippen LogP contribution in [0.15, 0.2) is 34.9 Å². The first kappa shape index (κ1) is 17.1. The number of halogens is 1. The van der Waals surface area contributed by atoms with Crippen molar-refractivity contribution in [3.63, 3.8) is 0 Å². The maximum absolute atomic E-state index is 10.8. The van der Waals surface area contributed by atoms with E-state index in [4.69, 9.17) is 9.84 Å². The topological polar surface area (TPSA) is 65.9 Å². The summed E-state index contributed by atoms with van der Waals surface area (Å²) in [7, 11) is 1.80. The highest BCUT2D eigenvalue weighted by molar-refractivity contribution is 9.10. The number of carbonyl (C=O) groups is 1. The normalized spacial score (nSPS) is 18.3. The van der Waals surface area contributed by atoms with Gasteiger partial charge >= 0.3 is 5.97 Å². The molecule has 1 aromatic heterocycles. The molecule has 128 valence electrons. The molecule has 0 aliphatic carbocycles. The molecule has 1 aliphatic heterocycles. The number of carboxylic acid groups (broad SMARTS) is 1. The van der Waals surface area contributed by atoms with E-state index in [9.17, 15) is 4.79 Å². The average Bonchev–Trinajstić information content (AvgIpc) is 2.53. The quantitative estimate of drug-likeness (QED) is 0.839. The highest BCUT2D eigenvalue weighted by Crippen LogP contribution is 2.28. The van der Waals surface area contributed by atoms with Gasteiger partial charge in [0.1, 0.15) is 0 Å². The summed E-state index contributed by atoms with van der Waals surface area (Å²) in [6, 6.07) is 8.13. The van der Waals surface area contributed by atoms with Gasteiger partial charge in [-0.1, -0.05) is 15.9 Å². The number of hydrogen-bond acceptors (Lipinski definition) is 5. The number of benzene rings is 1. The zero-order valence-electron chi connectivity index (χ0n) is 13.5. The van der Waals surface area contributed by atoms with E-state index < -0.39 is 5.97 Å². The van der Waals surface area contributed by atoms with E-state index in [1.165, 1.54) is 0 Å². The number of aromatic nitrogens is 1. The number of morpholine rings is 1. The molecular formula is C17H20BrN3O3.